The van der Waals surface area contributed by atoms with E-state index < -0.39 is 0 Å². The Hall–Kier alpha value is -2.50. The average molecular weight is 261 g/mol. The molecule has 1 aromatic carbocycles. The lowest BCUT2D eigenvalue weighted by molar-refractivity contribution is 0.404. The van der Waals surface area contributed by atoms with Gasteiger partial charge in [-0.25, -0.2) is 4.98 Å². The molecule has 6 nitrogen and oxygen atoms in total. The quantitative estimate of drug-likeness (QED) is 0.613. The summed E-state index contributed by atoms with van der Waals surface area (Å²) in [5.41, 5.74) is 6.39. The van der Waals surface area contributed by atoms with Crippen molar-refractivity contribution in [2.75, 3.05) is 5.73 Å². The van der Waals surface area contributed by atoms with E-state index in [2.05, 4.69) is 9.97 Å². The van der Waals surface area contributed by atoms with Gasteiger partial charge in [0.05, 0.1) is 5.56 Å². The lowest BCUT2D eigenvalue weighted by Crippen LogP contribution is -2.19. The largest absolute Gasteiger partial charge is 0.504 e. The molecule has 6 heteroatoms. The summed E-state index contributed by atoms with van der Waals surface area (Å²) in [5, 5.41) is 18.7. The van der Waals surface area contributed by atoms with E-state index in [4.69, 9.17) is 5.73 Å². The molecule has 0 unspecified atom stereocenters. The summed E-state index contributed by atoms with van der Waals surface area (Å²) >= 11 is 0. The van der Waals surface area contributed by atoms with Crippen molar-refractivity contribution in [2.24, 2.45) is 0 Å². The lowest BCUT2D eigenvalue weighted by atomic mass is 10.1. The van der Waals surface area contributed by atoms with E-state index in [1.54, 1.807) is 0 Å². The van der Waals surface area contributed by atoms with Crippen LogP contribution in [-0.4, -0.2) is 20.2 Å². The summed E-state index contributed by atoms with van der Waals surface area (Å²) in [7, 11) is 0. The number of phenols is 2. The molecule has 0 saturated heterocycles. The van der Waals surface area contributed by atoms with Crippen molar-refractivity contribution in [1.82, 2.24) is 9.97 Å². The Labute approximate surface area is 109 Å². The molecule has 0 radical (unpaired) electrons. The number of anilines is 1. The Bertz CT molecular complexity index is 677. The summed E-state index contributed by atoms with van der Waals surface area (Å²) in [4.78, 5) is 18.7. The van der Waals surface area contributed by atoms with Crippen LogP contribution in [0.2, 0.25) is 0 Å². The van der Waals surface area contributed by atoms with E-state index in [1.807, 2.05) is 13.8 Å². The van der Waals surface area contributed by atoms with Crippen molar-refractivity contribution in [3.05, 3.63) is 34.1 Å². The summed E-state index contributed by atoms with van der Waals surface area (Å²) < 4.78 is 0. The maximum absolute atomic E-state index is 11.9. The van der Waals surface area contributed by atoms with E-state index in [-0.39, 0.29) is 34.6 Å². The monoisotopic (exact) mass is 261 g/mol. The maximum Gasteiger partial charge on any atom is 0.256 e. The lowest BCUT2D eigenvalue weighted by Gasteiger charge is -2.09. The number of aromatic amines is 1. The van der Waals surface area contributed by atoms with Gasteiger partial charge in [-0.15, -0.1) is 0 Å². The van der Waals surface area contributed by atoms with Crippen LogP contribution in [0.4, 0.5) is 5.82 Å². The third-order valence-corrected chi connectivity index (χ3v) is 2.81. The minimum Gasteiger partial charge on any atom is -0.504 e. The fourth-order valence-electron chi connectivity index (χ4n) is 1.87. The minimum atomic E-state index is -0.301. The molecule has 19 heavy (non-hydrogen) atoms. The molecule has 0 fully saturated rings. The molecule has 0 saturated carbocycles. The van der Waals surface area contributed by atoms with Gasteiger partial charge in [0.15, 0.2) is 11.5 Å². The second-order valence-corrected chi connectivity index (χ2v) is 4.57. The first kappa shape index (κ1) is 12.9. The molecular formula is C13H15N3O3. The van der Waals surface area contributed by atoms with Gasteiger partial charge in [-0.3, -0.25) is 4.79 Å². The van der Waals surface area contributed by atoms with E-state index in [9.17, 15) is 15.0 Å². The van der Waals surface area contributed by atoms with Gasteiger partial charge in [-0.05, 0) is 24.1 Å². The first-order valence-corrected chi connectivity index (χ1v) is 5.82. The van der Waals surface area contributed by atoms with Crippen LogP contribution in [0.25, 0.3) is 11.4 Å². The molecule has 100 valence electrons. The number of phenolic OH excluding ortho intramolecular Hbond substituents is 2. The molecule has 1 aromatic heterocycles. The van der Waals surface area contributed by atoms with Gasteiger partial charge < -0.3 is 20.9 Å². The third kappa shape index (κ3) is 2.37. The molecule has 0 aliphatic heterocycles. The predicted octanol–water partition coefficient (Wildman–Crippen LogP) is 1.55. The number of nitrogen functional groups attached to an aromatic ring is 1. The third-order valence-electron chi connectivity index (χ3n) is 2.81. The van der Waals surface area contributed by atoms with Crippen LogP contribution in [0, 0.1) is 0 Å². The molecule has 2 rings (SSSR count). The topological polar surface area (TPSA) is 112 Å². The van der Waals surface area contributed by atoms with Crippen LogP contribution in [0.15, 0.2) is 23.0 Å². The molecular weight excluding hydrogens is 246 g/mol. The molecule has 0 bridgehead atoms. The molecule has 0 amide bonds. The Morgan fingerprint density at radius 2 is 1.95 bits per heavy atom. The normalized spacial score (nSPS) is 10.9. The van der Waals surface area contributed by atoms with Crippen molar-refractivity contribution in [1.29, 1.82) is 0 Å². The SMILES string of the molecule is CC(C)c1c(N)nc(-c2ccc(O)c(O)c2)[nH]c1=O. The first-order chi connectivity index (χ1) is 8.90. The van der Waals surface area contributed by atoms with E-state index >= 15 is 0 Å². The molecule has 2 aromatic rings. The van der Waals surface area contributed by atoms with Crippen molar-refractivity contribution in [2.45, 2.75) is 19.8 Å². The highest BCUT2D eigenvalue weighted by atomic mass is 16.3. The van der Waals surface area contributed by atoms with E-state index in [0.29, 0.717) is 11.1 Å². The minimum absolute atomic E-state index is 0.0291. The standard InChI is InChI=1S/C13H15N3O3/c1-6(2)10-11(14)15-12(16-13(10)19)7-3-4-8(17)9(18)5-7/h3-6,17-18H,1-2H3,(H3,14,15,16,19). The van der Waals surface area contributed by atoms with E-state index in [0.717, 1.165) is 0 Å². The second-order valence-electron chi connectivity index (χ2n) is 4.57. The number of H-pyrrole nitrogens is 1. The van der Waals surface area contributed by atoms with Gasteiger partial charge in [0, 0.05) is 5.56 Å². The Morgan fingerprint density at radius 3 is 2.47 bits per heavy atom. The Morgan fingerprint density at radius 1 is 1.26 bits per heavy atom. The highest BCUT2D eigenvalue weighted by Gasteiger charge is 2.14. The zero-order valence-corrected chi connectivity index (χ0v) is 10.6. The fraction of sp³-hybridized carbons (Fsp3) is 0.231. The summed E-state index contributed by atoms with van der Waals surface area (Å²) in [5.74, 6) is -0.133. The number of nitrogens with two attached hydrogens (primary N) is 1. The second kappa shape index (κ2) is 4.64. The van der Waals surface area contributed by atoms with Crippen LogP contribution in [0.3, 0.4) is 0 Å². The van der Waals surface area contributed by atoms with Crippen LogP contribution < -0.4 is 11.3 Å². The van der Waals surface area contributed by atoms with Gasteiger partial charge in [-0.1, -0.05) is 13.8 Å². The fourth-order valence-corrected chi connectivity index (χ4v) is 1.87. The number of aromatic hydroxyl groups is 2. The van der Waals surface area contributed by atoms with E-state index in [1.165, 1.54) is 18.2 Å². The highest BCUT2D eigenvalue weighted by Crippen LogP contribution is 2.29. The first-order valence-electron chi connectivity index (χ1n) is 5.82. The maximum atomic E-state index is 11.9. The highest BCUT2D eigenvalue weighted by molar-refractivity contribution is 5.62. The van der Waals surface area contributed by atoms with Crippen LogP contribution in [0.5, 0.6) is 11.5 Å². The number of hydrogen-bond donors (Lipinski definition) is 4. The molecule has 1 heterocycles. The summed E-state index contributed by atoms with van der Waals surface area (Å²) in [6.07, 6.45) is 0. The van der Waals surface area contributed by atoms with Gasteiger partial charge >= 0.3 is 0 Å². The van der Waals surface area contributed by atoms with Crippen molar-refractivity contribution < 1.29 is 10.2 Å². The van der Waals surface area contributed by atoms with Gasteiger partial charge in [0.2, 0.25) is 0 Å². The number of rotatable bonds is 2. The summed E-state index contributed by atoms with van der Waals surface area (Å²) in [6, 6.07) is 4.15. The van der Waals surface area contributed by atoms with Crippen LogP contribution in [-0.2, 0) is 0 Å². The molecule has 0 spiro atoms. The van der Waals surface area contributed by atoms with Gasteiger partial charge in [0.1, 0.15) is 11.6 Å². The van der Waals surface area contributed by atoms with Crippen molar-refractivity contribution in [3.63, 3.8) is 0 Å². The number of benzene rings is 1. The van der Waals surface area contributed by atoms with Gasteiger partial charge in [0.25, 0.3) is 5.56 Å². The van der Waals surface area contributed by atoms with Crippen LogP contribution >= 0.6 is 0 Å². The van der Waals surface area contributed by atoms with Crippen LogP contribution in [0.1, 0.15) is 25.3 Å². The molecule has 0 atom stereocenters. The summed E-state index contributed by atoms with van der Waals surface area (Å²) in [6.45, 7) is 3.71. The average Bonchev–Trinajstić information content (AvgIpc) is 2.31. The smallest absolute Gasteiger partial charge is 0.256 e. The zero-order chi connectivity index (χ0) is 14.2. The Kier molecular flexibility index (Phi) is 3.16. The number of aromatic nitrogens is 2. The number of nitrogens with one attached hydrogen (secondary N) is 1. The molecule has 0 aliphatic carbocycles. The molecule has 0 aliphatic rings. The molecule has 5 N–H and O–H groups in total. The number of nitrogens with zero attached hydrogens (tertiary/aromatic N) is 1. The zero-order valence-electron chi connectivity index (χ0n) is 10.6. The van der Waals surface area contributed by atoms with Crippen molar-refractivity contribution in [3.8, 4) is 22.9 Å². The number of hydrogen-bond acceptors (Lipinski definition) is 5. The van der Waals surface area contributed by atoms with Crippen molar-refractivity contribution >= 4 is 5.82 Å². The predicted molar refractivity (Wildman–Crippen MR) is 72.1 cm³/mol. The Balaban J connectivity index is 2.58. The van der Waals surface area contributed by atoms with Gasteiger partial charge in [-0.2, -0.15) is 0 Å².